The standard InChI is InChI=1S/C11H15F2N3O2/c1-2-3-4-8(10(17)18)16-11-14-5-7(6-15-11)9(12)13/h5-6,8-9H,2-4H2,1H3,(H,17,18)(H,14,15,16). The van der Waals surface area contributed by atoms with E-state index in [1.54, 1.807) is 0 Å². The fourth-order valence-electron chi connectivity index (χ4n) is 1.35. The van der Waals surface area contributed by atoms with Crippen LogP contribution in [0.25, 0.3) is 0 Å². The van der Waals surface area contributed by atoms with Crippen LogP contribution in [0.3, 0.4) is 0 Å². The highest BCUT2D eigenvalue weighted by atomic mass is 19.3. The number of carboxylic acid groups (broad SMARTS) is 1. The number of hydrogen-bond donors (Lipinski definition) is 2. The molecule has 18 heavy (non-hydrogen) atoms. The van der Waals surface area contributed by atoms with Gasteiger partial charge in [-0.15, -0.1) is 0 Å². The zero-order chi connectivity index (χ0) is 13.5. The van der Waals surface area contributed by atoms with Gasteiger partial charge in [0.1, 0.15) is 6.04 Å². The Bertz CT molecular complexity index is 384. The van der Waals surface area contributed by atoms with Crippen molar-refractivity contribution in [2.24, 2.45) is 0 Å². The predicted octanol–water partition coefficient (Wildman–Crippen LogP) is 2.47. The van der Waals surface area contributed by atoms with Crippen molar-refractivity contribution in [2.45, 2.75) is 38.7 Å². The van der Waals surface area contributed by atoms with Gasteiger partial charge < -0.3 is 10.4 Å². The molecule has 1 atom stereocenters. The molecule has 0 aliphatic carbocycles. The van der Waals surface area contributed by atoms with Crippen LogP contribution in [0.15, 0.2) is 12.4 Å². The first-order valence-electron chi connectivity index (χ1n) is 5.64. The number of hydrogen-bond acceptors (Lipinski definition) is 4. The first-order chi connectivity index (χ1) is 8.54. The molecule has 0 radical (unpaired) electrons. The molecule has 0 spiro atoms. The lowest BCUT2D eigenvalue weighted by Crippen LogP contribution is -2.30. The van der Waals surface area contributed by atoms with Crippen molar-refractivity contribution >= 4 is 11.9 Å². The topological polar surface area (TPSA) is 75.1 Å². The number of carbonyl (C=O) groups is 1. The van der Waals surface area contributed by atoms with Crippen molar-refractivity contribution < 1.29 is 18.7 Å². The van der Waals surface area contributed by atoms with Crippen LogP contribution < -0.4 is 5.32 Å². The van der Waals surface area contributed by atoms with Gasteiger partial charge in [-0.1, -0.05) is 19.8 Å². The van der Waals surface area contributed by atoms with Crippen molar-refractivity contribution in [3.05, 3.63) is 18.0 Å². The molecule has 0 aromatic carbocycles. The summed E-state index contributed by atoms with van der Waals surface area (Å²) in [6.45, 7) is 1.95. The Morgan fingerprint density at radius 1 is 1.44 bits per heavy atom. The van der Waals surface area contributed by atoms with E-state index in [0.717, 1.165) is 25.2 Å². The van der Waals surface area contributed by atoms with Crippen LogP contribution in [0.4, 0.5) is 14.7 Å². The van der Waals surface area contributed by atoms with Crippen LogP contribution in [0, 0.1) is 0 Å². The maximum absolute atomic E-state index is 12.3. The Hall–Kier alpha value is -1.79. The highest BCUT2D eigenvalue weighted by molar-refractivity contribution is 5.76. The van der Waals surface area contributed by atoms with E-state index in [-0.39, 0.29) is 11.5 Å². The number of aliphatic carboxylic acids is 1. The zero-order valence-electron chi connectivity index (χ0n) is 9.94. The molecule has 2 N–H and O–H groups in total. The Balaban J connectivity index is 2.66. The number of nitrogens with zero attached hydrogens (tertiary/aromatic N) is 2. The second kappa shape index (κ2) is 6.83. The van der Waals surface area contributed by atoms with Gasteiger partial charge >= 0.3 is 5.97 Å². The molecule has 1 rings (SSSR count). The number of rotatable bonds is 7. The molecule has 0 saturated carbocycles. The van der Waals surface area contributed by atoms with Crippen molar-refractivity contribution in [2.75, 3.05) is 5.32 Å². The van der Waals surface area contributed by atoms with E-state index in [0.29, 0.717) is 6.42 Å². The molecular weight excluding hydrogens is 244 g/mol. The largest absolute Gasteiger partial charge is 0.480 e. The maximum atomic E-state index is 12.3. The molecule has 0 fully saturated rings. The minimum atomic E-state index is -2.63. The number of nitrogens with one attached hydrogen (secondary N) is 1. The first-order valence-corrected chi connectivity index (χ1v) is 5.64. The summed E-state index contributed by atoms with van der Waals surface area (Å²) in [5.41, 5.74) is -0.291. The zero-order valence-corrected chi connectivity index (χ0v) is 9.94. The lowest BCUT2D eigenvalue weighted by molar-refractivity contribution is -0.138. The fraction of sp³-hybridized carbons (Fsp3) is 0.545. The third-order valence-corrected chi connectivity index (χ3v) is 2.37. The summed E-state index contributed by atoms with van der Waals surface area (Å²) < 4.78 is 24.5. The third kappa shape index (κ3) is 4.23. The summed E-state index contributed by atoms with van der Waals surface area (Å²) in [5, 5.41) is 11.6. The molecule has 7 heteroatoms. The third-order valence-electron chi connectivity index (χ3n) is 2.37. The fourth-order valence-corrected chi connectivity index (χ4v) is 1.35. The van der Waals surface area contributed by atoms with Crippen LogP contribution in [-0.2, 0) is 4.79 Å². The van der Waals surface area contributed by atoms with Gasteiger partial charge in [-0.25, -0.2) is 23.5 Å². The van der Waals surface area contributed by atoms with Crippen LogP contribution in [0.2, 0.25) is 0 Å². The van der Waals surface area contributed by atoms with Gasteiger partial charge in [0.15, 0.2) is 0 Å². The predicted molar refractivity (Wildman–Crippen MR) is 61.6 cm³/mol. The summed E-state index contributed by atoms with van der Waals surface area (Å²) >= 11 is 0. The normalized spacial score (nSPS) is 12.4. The van der Waals surface area contributed by atoms with Crippen LogP contribution in [0.5, 0.6) is 0 Å². The number of anilines is 1. The molecule has 0 amide bonds. The van der Waals surface area contributed by atoms with E-state index in [1.807, 2.05) is 6.92 Å². The monoisotopic (exact) mass is 259 g/mol. The summed E-state index contributed by atoms with van der Waals surface area (Å²) in [6.07, 6.45) is 1.40. The van der Waals surface area contributed by atoms with E-state index >= 15 is 0 Å². The number of halogens is 2. The average molecular weight is 259 g/mol. The minimum absolute atomic E-state index is 0.0444. The molecule has 5 nitrogen and oxygen atoms in total. The van der Waals surface area contributed by atoms with Gasteiger partial charge in [0.05, 0.1) is 5.56 Å². The molecule has 1 unspecified atom stereocenters. The molecular formula is C11H15F2N3O2. The number of aromatic nitrogens is 2. The maximum Gasteiger partial charge on any atom is 0.326 e. The molecule has 100 valence electrons. The Kier molecular flexibility index (Phi) is 5.41. The quantitative estimate of drug-likeness (QED) is 0.786. The average Bonchev–Trinajstić information content (AvgIpc) is 2.34. The number of unbranched alkanes of at least 4 members (excludes halogenated alkanes) is 1. The summed E-state index contributed by atoms with van der Waals surface area (Å²) in [4.78, 5) is 18.3. The Morgan fingerprint density at radius 3 is 2.50 bits per heavy atom. The van der Waals surface area contributed by atoms with Crippen LogP contribution in [0.1, 0.15) is 38.2 Å². The van der Waals surface area contributed by atoms with Gasteiger partial charge in [0, 0.05) is 12.4 Å². The summed E-state index contributed by atoms with van der Waals surface area (Å²) in [6, 6.07) is -0.803. The van der Waals surface area contributed by atoms with E-state index in [9.17, 15) is 13.6 Å². The second-order valence-corrected chi connectivity index (χ2v) is 3.82. The van der Waals surface area contributed by atoms with Crippen molar-refractivity contribution in [3.63, 3.8) is 0 Å². The molecule has 0 bridgehead atoms. The first kappa shape index (κ1) is 14.3. The Labute approximate surface area is 103 Å². The highest BCUT2D eigenvalue weighted by Crippen LogP contribution is 2.17. The lowest BCUT2D eigenvalue weighted by atomic mass is 10.1. The van der Waals surface area contributed by atoms with Gasteiger partial charge in [0.2, 0.25) is 5.95 Å². The van der Waals surface area contributed by atoms with Gasteiger partial charge in [-0.2, -0.15) is 0 Å². The van der Waals surface area contributed by atoms with Crippen molar-refractivity contribution in [3.8, 4) is 0 Å². The van der Waals surface area contributed by atoms with Crippen LogP contribution in [-0.4, -0.2) is 27.1 Å². The summed E-state index contributed by atoms with van der Waals surface area (Å²) in [5.74, 6) is -0.965. The highest BCUT2D eigenvalue weighted by Gasteiger charge is 2.17. The minimum Gasteiger partial charge on any atom is -0.480 e. The van der Waals surface area contributed by atoms with E-state index in [1.165, 1.54) is 0 Å². The molecule has 0 aliphatic rings. The molecule has 1 aromatic heterocycles. The SMILES string of the molecule is CCCCC(Nc1ncc(C(F)F)cn1)C(=O)O. The molecule has 1 aromatic rings. The van der Waals surface area contributed by atoms with Gasteiger partial charge in [0.25, 0.3) is 6.43 Å². The second-order valence-electron chi connectivity index (χ2n) is 3.82. The van der Waals surface area contributed by atoms with Gasteiger partial charge in [-0.3, -0.25) is 0 Å². The van der Waals surface area contributed by atoms with Crippen molar-refractivity contribution in [1.82, 2.24) is 9.97 Å². The smallest absolute Gasteiger partial charge is 0.326 e. The summed E-state index contributed by atoms with van der Waals surface area (Å²) in [7, 11) is 0. The van der Waals surface area contributed by atoms with Crippen molar-refractivity contribution in [1.29, 1.82) is 0 Å². The number of alkyl halides is 2. The molecule has 0 saturated heterocycles. The van der Waals surface area contributed by atoms with E-state index in [2.05, 4.69) is 15.3 Å². The van der Waals surface area contributed by atoms with E-state index < -0.39 is 18.4 Å². The molecule has 0 aliphatic heterocycles. The number of carboxylic acids is 1. The Morgan fingerprint density at radius 2 is 2.06 bits per heavy atom. The lowest BCUT2D eigenvalue weighted by Gasteiger charge is -2.13. The van der Waals surface area contributed by atoms with Gasteiger partial charge in [-0.05, 0) is 6.42 Å². The molecule has 1 heterocycles. The van der Waals surface area contributed by atoms with Crippen LogP contribution >= 0.6 is 0 Å². The van der Waals surface area contributed by atoms with E-state index in [4.69, 9.17) is 5.11 Å².